The van der Waals surface area contributed by atoms with Crippen LogP contribution in [-0.2, 0) is 4.79 Å². The fourth-order valence-electron chi connectivity index (χ4n) is 4.25. The third kappa shape index (κ3) is 3.84. The molecule has 2 aromatic carbocycles. The van der Waals surface area contributed by atoms with Crippen LogP contribution in [0.5, 0.6) is 11.5 Å². The maximum atomic E-state index is 13.2. The van der Waals surface area contributed by atoms with Gasteiger partial charge in [0.05, 0.1) is 11.7 Å². The molecule has 0 bridgehead atoms. The van der Waals surface area contributed by atoms with Crippen molar-refractivity contribution in [3.8, 4) is 17.2 Å². The van der Waals surface area contributed by atoms with Crippen LogP contribution >= 0.6 is 0 Å². The number of hydrogen-bond donors (Lipinski definition) is 1. The van der Waals surface area contributed by atoms with Crippen LogP contribution in [0.3, 0.4) is 0 Å². The Bertz CT molecular complexity index is 1330. The molecule has 5 rings (SSSR count). The summed E-state index contributed by atoms with van der Waals surface area (Å²) in [5.41, 5.74) is 2.60. The highest BCUT2D eigenvalue weighted by atomic mass is 16.7. The van der Waals surface area contributed by atoms with Crippen molar-refractivity contribution < 1.29 is 19.1 Å². The second-order valence-corrected chi connectivity index (χ2v) is 8.30. The lowest BCUT2D eigenvalue weighted by Gasteiger charge is -2.18. The molecule has 1 saturated heterocycles. The van der Waals surface area contributed by atoms with Gasteiger partial charge in [0, 0.05) is 30.9 Å². The minimum Gasteiger partial charge on any atom is -0.454 e. The van der Waals surface area contributed by atoms with Crippen molar-refractivity contribution >= 4 is 17.5 Å². The van der Waals surface area contributed by atoms with Gasteiger partial charge < -0.3 is 19.7 Å². The van der Waals surface area contributed by atoms with E-state index in [0.717, 1.165) is 11.3 Å². The van der Waals surface area contributed by atoms with Gasteiger partial charge in [-0.05, 0) is 55.3 Å². The number of amides is 2. The highest BCUT2D eigenvalue weighted by molar-refractivity contribution is 5.99. The Labute approximate surface area is 190 Å². The number of aryl methyl sites for hydroxylation is 2. The monoisotopic (exact) mass is 445 g/mol. The lowest BCUT2D eigenvalue weighted by atomic mass is 10.1. The Morgan fingerprint density at radius 1 is 1.00 bits per heavy atom. The molecule has 1 fully saturated rings. The molecule has 1 aromatic heterocycles. The lowest BCUT2D eigenvalue weighted by Crippen LogP contribution is -2.40. The molecule has 1 N–H and O–H groups in total. The van der Waals surface area contributed by atoms with Crippen LogP contribution < -0.4 is 25.2 Å². The second-order valence-electron chi connectivity index (χ2n) is 8.30. The number of carbonyl (C=O) groups excluding carboxylic acids is 2. The zero-order valence-corrected chi connectivity index (χ0v) is 18.3. The molecule has 0 radical (unpaired) electrons. The Morgan fingerprint density at radius 2 is 1.82 bits per heavy atom. The van der Waals surface area contributed by atoms with E-state index in [1.807, 2.05) is 31.2 Å². The van der Waals surface area contributed by atoms with Gasteiger partial charge in [-0.25, -0.2) is 0 Å². The SMILES string of the molecule is Cc1cccc(N2CC(NC(=O)c3c(C)ccn(-c4ccc5c(c4)OCO5)c3=O)CC2=O)c1. The van der Waals surface area contributed by atoms with E-state index < -0.39 is 11.5 Å². The van der Waals surface area contributed by atoms with E-state index in [-0.39, 0.29) is 30.7 Å². The fourth-order valence-corrected chi connectivity index (χ4v) is 4.25. The number of fused-ring (bicyclic) bond motifs is 1. The number of aromatic nitrogens is 1. The zero-order valence-electron chi connectivity index (χ0n) is 18.3. The van der Waals surface area contributed by atoms with Crippen LogP contribution in [0, 0.1) is 13.8 Å². The van der Waals surface area contributed by atoms with Crippen molar-refractivity contribution in [2.24, 2.45) is 0 Å². The molecule has 2 amide bonds. The van der Waals surface area contributed by atoms with Crippen molar-refractivity contribution in [1.82, 2.24) is 9.88 Å². The Hall–Kier alpha value is -4.07. The number of nitrogens with zero attached hydrogens (tertiary/aromatic N) is 2. The number of ether oxygens (including phenoxy) is 2. The largest absolute Gasteiger partial charge is 0.454 e. The summed E-state index contributed by atoms with van der Waals surface area (Å²) in [5.74, 6) is 0.609. The molecule has 0 saturated carbocycles. The number of anilines is 1. The molecule has 0 aliphatic carbocycles. The summed E-state index contributed by atoms with van der Waals surface area (Å²) < 4.78 is 12.1. The number of hydrogen-bond acceptors (Lipinski definition) is 5. The fraction of sp³-hybridized carbons (Fsp3) is 0.240. The number of rotatable bonds is 4. The first-order chi connectivity index (χ1) is 15.9. The molecule has 3 heterocycles. The molecule has 0 spiro atoms. The summed E-state index contributed by atoms with van der Waals surface area (Å²) in [7, 11) is 0. The number of nitrogens with one attached hydrogen (secondary N) is 1. The van der Waals surface area contributed by atoms with E-state index >= 15 is 0 Å². The first kappa shape index (κ1) is 20.8. The van der Waals surface area contributed by atoms with Gasteiger partial charge >= 0.3 is 0 Å². The molecular weight excluding hydrogens is 422 g/mol. The smallest absolute Gasteiger partial charge is 0.268 e. The molecule has 33 heavy (non-hydrogen) atoms. The summed E-state index contributed by atoms with van der Waals surface area (Å²) in [4.78, 5) is 40.6. The van der Waals surface area contributed by atoms with Crippen LogP contribution in [0.1, 0.15) is 27.9 Å². The molecule has 2 aliphatic rings. The van der Waals surface area contributed by atoms with E-state index in [1.54, 1.807) is 42.3 Å². The molecular formula is C25H23N3O5. The van der Waals surface area contributed by atoms with E-state index in [9.17, 15) is 14.4 Å². The molecule has 2 aliphatic heterocycles. The summed E-state index contributed by atoms with van der Waals surface area (Å²) in [6, 6.07) is 14.2. The van der Waals surface area contributed by atoms with Crippen molar-refractivity contribution in [3.63, 3.8) is 0 Å². The van der Waals surface area contributed by atoms with Crippen LogP contribution in [0.15, 0.2) is 59.5 Å². The van der Waals surface area contributed by atoms with E-state index in [1.165, 1.54) is 4.57 Å². The third-order valence-corrected chi connectivity index (χ3v) is 5.94. The number of pyridine rings is 1. The normalized spacial score (nSPS) is 16.8. The van der Waals surface area contributed by atoms with Crippen molar-refractivity contribution in [1.29, 1.82) is 0 Å². The van der Waals surface area contributed by atoms with Gasteiger partial charge in [0.1, 0.15) is 5.56 Å². The van der Waals surface area contributed by atoms with Crippen LogP contribution in [0.4, 0.5) is 5.69 Å². The van der Waals surface area contributed by atoms with Gasteiger partial charge in [-0.3, -0.25) is 19.0 Å². The maximum Gasteiger partial charge on any atom is 0.268 e. The number of benzene rings is 2. The summed E-state index contributed by atoms with van der Waals surface area (Å²) in [5, 5.41) is 2.88. The number of carbonyl (C=O) groups is 2. The molecule has 168 valence electrons. The third-order valence-electron chi connectivity index (χ3n) is 5.94. The average Bonchev–Trinajstić information content (AvgIpc) is 3.39. The summed E-state index contributed by atoms with van der Waals surface area (Å²) in [6.07, 6.45) is 1.81. The minimum atomic E-state index is -0.489. The van der Waals surface area contributed by atoms with Crippen LogP contribution in [0.2, 0.25) is 0 Å². The zero-order chi connectivity index (χ0) is 23.1. The minimum absolute atomic E-state index is 0.0524. The van der Waals surface area contributed by atoms with Crippen molar-refractivity contribution in [2.75, 3.05) is 18.2 Å². The topological polar surface area (TPSA) is 89.9 Å². The van der Waals surface area contributed by atoms with Crippen molar-refractivity contribution in [3.05, 3.63) is 81.8 Å². The van der Waals surface area contributed by atoms with E-state index in [4.69, 9.17) is 9.47 Å². The van der Waals surface area contributed by atoms with Gasteiger partial charge in [0.25, 0.3) is 11.5 Å². The Balaban J connectivity index is 1.39. The molecule has 8 heteroatoms. The maximum absolute atomic E-state index is 13.2. The van der Waals surface area contributed by atoms with Crippen LogP contribution in [0.25, 0.3) is 5.69 Å². The van der Waals surface area contributed by atoms with E-state index in [0.29, 0.717) is 29.3 Å². The predicted octanol–water partition coefficient (Wildman–Crippen LogP) is 2.72. The average molecular weight is 445 g/mol. The second kappa shape index (κ2) is 8.12. The van der Waals surface area contributed by atoms with Gasteiger partial charge in [-0.2, -0.15) is 0 Å². The van der Waals surface area contributed by atoms with E-state index in [2.05, 4.69) is 5.32 Å². The van der Waals surface area contributed by atoms with Gasteiger partial charge in [0.15, 0.2) is 11.5 Å². The van der Waals surface area contributed by atoms with Gasteiger partial charge in [0.2, 0.25) is 12.7 Å². The summed E-state index contributed by atoms with van der Waals surface area (Å²) in [6.45, 7) is 4.18. The molecule has 1 unspecified atom stereocenters. The van der Waals surface area contributed by atoms with Gasteiger partial charge in [-0.15, -0.1) is 0 Å². The quantitative estimate of drug-likeness (QED) is 0.667. The molecule has 1 atom stereocenters. The first-order valence-corrected chi connectivity index (χ1v) is 10.7. The van der Waals surface area contributed by atoms with Crippen molar-refractivity contribution in [2.45, 2.75) is 26.3 Å². The standard InChI is InChI=1S/C25H23N3O5/c1-15-4-3-5-18(10-15)28-13-17(11-22(28)29)26-24(30)23-16(2)8-9-27(25(23)31)19-6-7-20-21(12-19)33-14-32-20/h3-10,12,17H,11,13-14H2,1-2H3,(H,26,30). The molecule has 8 nitrogen and oxygen atoms in total. The lowest BCUT2D eigenvalue weighted by molar-refractivity contribution is -0.117. The van der Waals surface area contributed by atoms with Crippen LogP contribution in [-0.4, -0.2) is 35.8 Å². The first-order valence-electron chi connectivity index (χ1n) is 10.7. The molecule has 3 aromatic rings. The Morgan fingerprint density at radius 3 is 2.64 bits per heavy atom. The summed E-state index contributed by atoms with van der Waals surface area (Å²) >= 11 is 0. The highest BCUT2D eigenvalue weighted by Crippen LogP contribution is 2.33. The Kier molecular flexibility index (Phi) is 5.12. The predicted molar refractivity (Wildman–Crippen MR) is 122 cm³/mol. The highest BCUT2D eigenvalue weighted by Gasteiger charge is 2.32. The van der Waals surface area contributed by atoms with Gasteiger partial charge in [-0.1, -0.05) is 12.1 Å².